The molecule has 14 heteroatoms. The largest absolute Gasteiger partial charge is 0.352 e. The summed E-state index contributed by atoms with van der Waals surface area (Å²) in [5.41, 5.74) is 1.99. The molecule has 4 amide bonds. The van der Waals surface area contributed by atoms with Crippen LogP contribution in [0.15, 0.2) is 72.8 Å². The van der Waals surface area contributed by atoms with Crippen LogP contribution in [0.4, 0.5) is 5.69 Å². The summed E-state index contributed by atoms with van der Waals surface area (Å²) in [6.45, 7) is 7.47. The second-order valence-corrected chi connectivity index (χ2v) is 17.3. The molecular weight excluding hydrogens is 740 g/mol. The van der Waals surface area contributed by atoms with Crippen LogP contribution in [-0.2, 0) is 26.0 Å². The van der Waals surface area contributed by atoms with Crippen molar-refractivity contribution in [1.82, 2.24) is 26.6 Å². The monoisotopic (exact) mass is 794 g/mol. The molecule has 0 unspecified atom stereocenters. The normalized spacial score (nSPS) is 15.6. The van der Waals surface area contributed by atoms with Crippen LogP contribution in [0.25, 0.3) is 0 Å². The number of rotatable bonds is 17. The van der Waals surface area contributed by atoms with E-state index in [4.69, 9.17) is 11.6 Å². The fourth-order valence-corrected chi connectivity index (χ4v) is 7.18. The highest BCUT2D eigenvalue weighted by Crippen LogP contribution is 2.23. The second kappa shape index (κ2) is 19.9. The maximum atomic E-state index is 14.0. The first-order valence-corrected chi connectivity index (χ1v) is 21.1. The number of anilines is 1. The Morgan fingerprint density at radius 3 is 2.04 bits per heavy atom. The number of hydrogen-bond acceptors (Lipinski definition) is 7. The van der Waals surface area contributed by atoms with Crippen LogP contribution in [0.5, 0.6) is 0 Å². The van der Waals surface area contributed by atoms with Crippen molar-refractivity contribution in [2.45, 2.75) is 96.4 Å². The number of nitrogens with one attached hydrogen (secondary N) is 5. The standard InChI is InChI=1S/C41H55ClN6O6S/c1-26(2)37(41(52)45-34-18-11-8-12-19-34)47-38(49)28(4)43-25-35(20-29-14-9-7-10-15-29)46-40(51)32-21-31(23-36(24-32)48(5)55(6,53)54)39(50)44-27(3)30-16-13-17-33(42)22-30/h7,9-10,13-17,21-24,26-28,34-35,37,43H,8,11-12,18-20,25H2,1-6H3,(H,44,50)(H,45,52)(H,46,51)(H,47,49)/t27-,28+,35+,37+/m1/s1. The lowest BCUT2D eigenvalue weighted by Crippen LogP contribution is -2.56. The minimum Gasteiger partial charge on any atom is -0.352 e. The summed E-state index contributed by atoms with van der Waals surface area (Å²) in [6, 6.07) is 18.6. The van der Waals surface area contributed by atoms with Crippen LogP contribution in [0.1, 0.15) is 97.7 Å². The van der Waals surface area contributed by atoms with Gasteiger partial charge in [-0.1, -0.05) is 87.2 Å². The zero-order chi connectivity index (χ0) is 40.3. The predicted molar refractivity (Wildman–Crippen MR) is 218 cm³/mol. The summed E-state index contributed by atoms with van der Waals surface area (Å²) in [6.07, 6.45) is 6.64. The molecule has 0 aromatic heterocycles. The van der Waals surface area contributed by atoms with Crippen molar-refractivity contribution in [3.63, 3.8) is 0 Å². The molecule has 1 aliphatic rings. The highest BCUT2D eigenvalue weighted by molar-refractivity contribution is 7.92. The van der Waals surface area contributed by atoms with Crippen molar-refractivity contribution in [3.8, 4) is 0 Å². The average Bonchev–Trinajstić information content (AvgIpc) is 3.15. The van der Waals surface area contributed by atoms with Crippen LogP contribution >= 0.6 is 11.6 Å². The van der Waals surface area contributed by atoms with Crippen molar-refractivity contribution in [1.29, 1.82) is 0 Å². The van der Waals surface area contributed by atoms with Crippen LogP contribution < -0.4 is 30.9 Å². The molecule has 4 atom stereocenters. The Bertz CT molecular complexity index is 1900. The van der Waals surface area contributed by atoms with Gasteiger partial charge in [0.25, 0.3) is 11.8 Å². The Balaban J connectivity index is 1.52. The van der Waals surface area contributed by atoms with Gasteiger partial charge < -0.3 is 26.6 Å². The lowest BCUT2D eigenvalue weighted by molar-refractivity contribution is -0.131. The summed E-state index contributed by atoms with van der Waals surface area (Å²) in [5.74, 6) is -1.72. The molecule has 55 heavy (non-hydrogen) atoms. The molecule has 1 aliphatic carbocycles. The van der Waals surface area contributed by atoms with E-state index >= 15 is 0 Å². The number of halogens is 1. The van der Waals surface area contributed by atoms with Gasteiger partial charge in [-0.15, -0.1) is 0 Å². The van der Waals surface area contributed by atoms with E-state index in [0.717, 1.165) is 47.4 Å². The van der Waals surface area contributed by atoms with Crippen molar-refractivity contribution in [2.75, 3.05) is 24.2 Å². The summed E-state index contributed by atoms with van der Waals surface area (Å²) < 4.78 is 26.1. The Morgan fingerprint density at radius 1 is 0.800 bits per heavy atom. The SMILES string of the molecule is CC(C)[C@H](NC(=O)[C@H](C)NC[C@H](Cc1ccccc1)NC(=O)c1cc(C(=O)N[C@H](C)c2cccc(Cl)c2)cc(N(C)S(C)(=O)=O)c1)C(=O)NC1CCCCC1. The van der Waals surface area contributed by atoms with Gasteiger partial charge in [-0.25, -0.2) is 8.42 Å². The van der Waals surface area contributed by atoms with E-state index in [0.29, 0.717) is 11.4 Å². The third kappa shape index (κ3) is 13.1. The number of carbonyl (C=O) groups is 4. The molecule has 0 bridgehead atoms. The number of carbonyl (C=O) groups excluding carboxylic acids is 4. The van der Waals surface area contributed by atoms with Gasteiger partial charge in [0.05, 0.1) is 24.0 Å². The summed E-state index contributed by atoms with van der Waals surface area (Å²) in [5, 5.41) is 15.7. The summed E-state index contributed by atoms with van der Waals surface area (Å²) >= 11 is 6.16. The average molecular weight is 795 g/mol. The van der Waals surface area contributed by atoms with Crippen molar-refractivity contribution >= 4 is 50.9 Å². The van der Waals surface area contributed by atoms with E-state index in [9.17, 15) is 27.6 Å². The molecule has 3 aromatic carbocycles. The van der Waals surface area contributed by atoms with Crippen LogP contribution in [0.3, 0.4) is 0 Å². The molecule has 12 nitrogen and oxygen atoms in total. The van der Waals surface area contributed by atoms with Gasteiger partial charge >= 0.3 is 0 Å². The molecule has 4 rings (SSSR count). The summed E-state index contributed by atoms with van der Waals surface area (Å²) in [4.78, 5) is 54.1. The van der Waals surface area contributed by atoms with Gasteiger partial charge in [0.1, 0.15) is 6.04 Å². The fraction of sp³-hybridized carbons (Fsp3) is 0.463. The Morgan fingerprint density at radius 2 is 1.44 bits per heavy atom. The van der Waals surface area contributed by atoms with E-state index < -0.39 is 46.0 Å². The molecule has 0 heterocycles. The van der Waals surface area contributed by atoms with E-state index in [2.05, 4.69) is 26.6 Å². The Kier molecular flexibility index (Phi) is 15.7. The topological polar surface area (TPSA) is 166 Å². The molecule has 1 saturated carbocycles. The summed E-state index contributed by atoms with van der Waals surface area (Å²) in [7, 11) is -2.40. The van der Waals surface area contributed by atoms with Crippen LogP contribution in [-0.4, -0.2) is 76.1 Å². The zero-order valence-corrected chi connectivity index (χ0v) is 34.1. The van der Waals surface area contributed by atoms with Gasteiger partial charge in [-0.05, 0) is 80.5 Å². The minimum absolute atomic E-state index is 0.0705. The van der Waals surface area contributed by atoms with Crippen molar-refractivity contribution in [2.24, 2.45) is 5.92 Å². The lowest BCUT2D eigenvalue weighted by atomic mass is 9.94. The third-order valence-electron chi connectivity index (χ3n) is 9.92. The molecule has 0 spiro atoms. The molecule has 0 aliphatic heterocycles. The molecule has 0 radical (unpaired) electrons. The second-order valence-electron chi connectivity index (χ2n) is 14.8. The number of nitrogens with zero attached hydrogens (tertiary/aromatic N) is 1. The predicted octanol–water partition coefficient (Wildman–Crippen LogP) is 5.14. The van der Waals surface area contributed by atoms with Gasteiger partial charge in [0, 0.05) is 41.8 Å². The van der Waals surface area contributed by atoms with Gasteiger partial charge in [-0.2, -0.15) is 0 Å². The molecule has 5 N–H and O–H groups in total. The molecule has 3 aromatic rings. The third-order valence-corrected chi connectivity index (χ3v) is 11.4. The van der Waals surface area contributed by atoms with Crippen LogP contribution in [0, 0.1) is 5.92 Å². The van der Waals surface area contributed by atoms with E-state index in [-0.39, 0.29) is 47.1 Å². The smallest absolute Gasteiger partial charge is 0.251 e. The van der Waals surface area contributed by atoms with Crippen molar-refractivity contribution in [3.05, 3.63) is 100 Å². The van der Waals surface area contributed by atoms with Gasteiger partial charge in [-0.3, -0.25) is 23.5 Å². The minimum atomic E-state index is -3.75. The van der Waals surface area contributed by atoms with Gasteiger partial charge in [0.2, 0.25) is 21.8 Å². The number of amides is 4. The first-order chi connectivity index (χ1) is 26.0. The molecule has 1 fully saturated rings. The number of hydrogen-bond donors (Lipinski definition) is 5. The van der Waals surface area contributed by atoms with Gasteiger partial charge in [0.15, 0.2) is 0 Å². The quantitative estimate of drug-likeness (QED) is 0.126. The maximum absolute atomic E-state index is 14.0. The molecular formula is C41H55ClN6O6S. The fourth-order valence-electron chi connectivity index (χ4n) is 6.49. The first-order valence-electron chi connectivity index (χ1n) is 18.9. The van der Waals surface area contributed by atoms with Crippen LogP contribution in [0.2, 0.25) is 5.02 Å². The Labute approximate surface area is 330 Å². The highest BCUT2D eigenvalue weighted by Gasteiger charge is 2.29. The Hall–Kier alpha value is -4.46. The lowest BCUT2D eigenvalue weighted by Gasteiger charge is -2.29. The highest BCUT2D eigenvalue weighted by atomic mass is 35.5. The first kappa shape index (κ1) is 43.3. The number of sulfonamides is 1. The number of benzene rings is 3. The molecule has 298 valence electrons. The zero-order valence-electron chi connectivity index (χ0n) is 32.5. The van der Waals surface area contributed by atoms with E-state index in [1.165, 1.54) is 31.7 Å². The van der Waals surface area contributed by atoms with E-state index in [1.807, 2.05) is 50.2 Å². The van der Waals surface area contributed by atoms with E-state index in [1.54, 1.807) is 32.0 Å². The maximum Gasteiger partial charge on any atom is 0.251 e. The molecule has 0 saturated heterocycles. The van der Waals surface area contributed by atoms with Crippen molar-refractivity contribution < 1.29 is 27.6 Å².